The molecule has 0 aliphatic carbocycles. The molecule has 0 spiro atoms. The number of nitrogens with one attached hydrogen (secondary N) is 1. The van der Waals surface area contributed by atoms with Crippen LogP contribution in [0.4, 0.5) is 5.69 Å². The molecule has 0 bridgehead atoms. The fourth-order valence-electron chi connectivity index (χ4n) is 2.33. The normalized spacial score (nSPS) is 11.0. The third-order valence-corrected chi connectivity index (χ3v) is 5.15. The van der Waals surface area contributed by atoms with E-state index in [1.54, 1.807) is 0 Å². The number of carboxylic acid groups (broad SMARTS) is 1. The Morgan fingerprint density at radius 2 is 1.72 bits per heavy atom. The first-order chi connectivity index (χ1) is 13.7. The van der Waals surface area contributed by atoms with E-state index in [0.717, 1.165) is 6.07 Å². The van der Waals surface area contributed by atoms with Crippen molar-refractivity contribution in [2.75, 3.05) is 32.2 Å². The van der Waals surface area contributed by atoms with Crippen molar-refractivity contribution in [1.82, 2.24) is 0 Å². The van der Waals surface area contributed by atoms with Gasteiger partial charge in [0.25, 0.3) is 10.0 Å². The van der Waals surface area contributed by atoms with E-state index in [2.05, 4.69) is 4.72 Å². The number of amides is 1. The Kier molecular flexibility index (Phi) is 7.02. The molecular formula is C18H20N2O8S. The number of carbonyl (C=O) groups is 2. The van der Waals surface area contributed by atoms with Crippen molar-refractivity contribution in [3.8, 4) is 11.5 Å². The molecular weight excluding hydrogens is 404 g/mol. The predicted octanol–water partition coefficient (Wildman–Crippen LogP) is 1.32. The summed E-state index contributed by atoms with van der Waals surface area (Å²) in [7, 11) is -1.35. The molecule has 29 heavy (non-hydrogen) atoms. The molecule has 0 unspecified atom stereocenters. The highest BCUT2D eigenvalue weighted by Crippen LogP contribution is 2.34. The lowest BCUT2D eigenvalue weighted by molar-refractivity contribution is 0.0697. The first-order valence-corrected chi connectivity index (χ1v) is 9.67. The zero-order chi connectivity index (χ0) is 21.6. The number of ether oxygens (including phenoxy) is 3. The highest BCUT2D eigenvalue weighted by molar-refractivity contribution is 7.92. The molecule has 0 radical (unpaired) electrons. The van der Waals surface area contributed by atoms with Crippen molar-refractivity contribution in [2.24, 2.45) is 5.73 Å². The number of carbonyl (C=O) groups excluding carboxylic acids is 1. The topological polar surface area (TPSA) is 154 Å². The Bertz CT molecular complexity index is 1000. The van der Waals surface area contributed by atoms with Crippen LogP contribution in [-0.2, 0) is 14.8 Å². The van der Waals surface area contributed by atoms with Crippen LogP contribution in [0.25, 0.3) is 0 Å². The molecule has 0 aliphatic heterocycles. The van der Waals surface area contributed by atoms with Gasteiger partial charge in [0.1, 0.15) is 6.61 Å². The number of sulfonamides is 1. The molecule has 0 aliphatic rings. The summed E-state index contributed by atoms with van der Waals surface area (Å²) in [6.45, 7) is 0.400. The van der Waals surface area contributed by atoms with Crippen molar-refractivity contribution >= 4 is 27.6 Å². The summed E-state index contributed by atoms with van der Waals surface area (Å²) < 4.78 is 43.1. The second-order valence-corrected chi connectivity index (χ2v) is 7.37. The number of nitrogens with two attached hydrogens (primary N) is 1. The number of primary amides is 1. The maximum atomic E-state index is 12.7. The molecule has 0 heterocycles. The molecule has 1 amide bonds. The van der Waals surface area contributed by atoms with E-state index in [1.165, 1.54) is 44.6 Å². The van der Waals surface area contributed by atoms with Crippen LogP contribution in [0.15, 0.2) is 41.3 Å². The van der Waals surface area contributed by atoms with Crippen LogP contribution in [0.5, 0.6) is 11.5 Å². The van der Waals surface area contributed by atoms with Gasteiger partial charge in [0.2, 0.25) is 5.91 Å². The van der Waals surface area contributed by atoms with Gasteiger partial charge in [-0.2, -0.15) is 0 Å². The van der Waals surface area contributed by atoms with Gasteiger partial charge >= 0.3 is 5.97 Å². The van der Waals surface area contributed by atoms with Gasteiger partial charge in [-0.05, 0) is 24.3 Å². The van der Waals surface area contributed by atoms with E-state index in [0.29, 0.717) is 0 Å². The van der Waals surface area contributed by atoms with Crippen LogP contribution in [0, 0.1) is 0 Å². The molecule has 11 heteroatoms. The summed E-state index contributed by atoms with van der Waals surface area (Å²) in [4.78, 5) is 22.6. The number of benzene rings is 2. The van der Waals surface area contributed by atoms with E-state index in [9.17, 15) is 23.1 Å². The number of hydrogen-bond acceptors (Lipinski definition) is 7. The number of aromatic carboxylic acids is 1. The molecule has 156 valence electrons. The van der Waals surface area contributed by atoms with Gasteiger partial charge in [0, 0.05) is 24.8 Å². The van der Waals surface area contributed by atoms with Crippen molar-refractivity contribution < 1.29 is 37.3 Å². The molecule has 4 N–H and O–H groups in total. The summed E-state index contributed by atoms with van der Waals surface area (Å²) in [5.74, 6) is -1.82. The second kappa shape index (κ2) is 9.26. The van der Waals surface area contributed by atoms with Crippen LogP contribution in [0.2, 0.25) is 0 Å². The minimum atomic E-state index is -4.16. The molecule has 0 saturated heterocycles. The summed E-state index contributed by atoms with van der Waals surface area (Å²) in [5.41, 5.74) is 4.72. The van der Waals surface area contributed by atoms with Gasteiger partial charge in [0.05, 0.1) is 29.9 Å². The van der Waals surface area contributed by atoms with Crippen LogP contribution in [0.3, 0.4) is 0 Å². The average Bonchev–Trinajstić information content (AvgIpc) is 2.68. The lowest BCUT2D eigenvalue weighted by Gasteiger charge is -2.16. The predicted molar refractivity (Wildman–Crippen MR) is 103 cm³/mol. The van der Waals surface area contributed by atoms with Crippen molar-refractivity contribution in [3.63, 3.8) is 0 Å². The SMILES string of the molecule is COCCOc1cc(NS(=O)(=O)c2ccc(C(N)=O)cc2)c(C(=O)O)cc1OC. The highest BCUT2D eigenvalue weighted by atomic mass is 32.2. The molecule has 0 fully saturated rings. The Labute approximate surface area is 167 Å². The van der Waals surface area contributed by atoms with E-state index in [4.69, 9.17) is 19.9 Å². The smallest absolute Gasteiger partial charge is 0.337 e. The van der Waals surface area contributed by atoms with Crippen molar-refractivity contribution in [2.45, 2.75) is 4.90 Å². The van der Waals surface area contributed by atoms with Crippen LogP contribution in [-0.4, -0.2) is 52.8 Å². The maximum absolute atomic E-state index is 12.7. The van der Waals surface area contributed by atoms with Crippen LogP contribution < -0.4 is 19.9 Å². The molecule has 2 rings (SSSR count). The van der Waals surface area contributed by atoms with E-state index in [-0.39, 0.29) is 46.4 Å². The molecule has 10 nitrogen and oxygen atoms in total. The Morgan fingerprint density at radius 3 is 2.24 bits per heavy atom. The monoisotopic (exact) mass is 424 g/mol. The third-order valence-electron chi connectivity index (χ3n) is 3.77. The number of methoxy groups -OCH3 is 2. The van der Waals surface area contributed by atoms with Crippen LogP contribution >= 0.6 is 0 Å². The van der Waals surface area contributed by atoms with Gasteiger partial charge in [-0.25, -0.2) is 13.2 Å². The molecule has 0 atom stereocenters. The van der Waals surface area contributed by atoms with Gasteiger partial charge in [-0.1, -0.05) is 0 Å². The number of carboxylic acids is 1. The maximum Gasteiger partial charge on any atom is 0.337 e. The molecule has 2 aromatic carbocycles. The summed E-state index contributed by atoms with van der Waals surface area (Å²) in [6, 6.07) is 7.24. The fraction of sp³-hybridized carbons (Fsp3) is 0.222. The lowest BCUT2D eigenvalue weighted by Crippen LogP contribution is -2.17. The van der Waals surface area contributed by atoms with Gasteiger partial charge in [-0.15, -0.1) is 0 Å². The highest BCUT2D eigenvalue weighted by Gasteiger charge is 2.22. The summed E-state index contributed by atoms with van der Waals surface area (Å²) in [5, 5.41) is 9.45. The minimum absolute atomic E-state index is 0.118. The van der Waals surface area contributed by atoms with Crippen molar-refractivity contribution in [1.29, 1.82) is 0 Å². The Balaban J connectivity index is 2.43. The van der Waals surface area contributed by atoms with Gasteiger partial charge < -0.3 is 25.1 Å². The van der Waals surface area contributed by atoms with Crippen LogP contribution in [0.1, 0.15) is 20.7 Å². The zero-order valence-corrected chi connectivity index (χ0v) is 16.5. The quantitative estimate of drug-likeness (QED) is 0.483. The largest absolute Gasteiger partial charge is 0.493 e. The van der Waals surface area contributed by atoms with E-state index >= 15 is 0 Å². The number of anilines is 1. The van der Waals surface area contributed by atoms with Gasteiger partial charge in [0.15, 0.2) is 11.5 Å². The molecule has 0 aromatic heterocycles. The number of rotatable bonds is 10. The van der Waals surface area contributed by atoms with Crippen molar-refractivity contribution in [3.05, 3.63) is 47.5 Å². The zero-order valence-electron chi connectivity index (χ0n) is 15.7. The standard InChI is InChI=1S/C18H20N2O8S/c1-26-7-8-28-16-10-14(13(18(22)23)9-15(16)27-2)20-29(24,25)12-5-3-11(4-6-12)17(19)21/h3-6,9-10,20H,7-8H2,1-2H3,(H2,19,21)(H,22,23). The summed E-state index contributed by atoms with van der Waals surface area (Å²) >= 11 is 0. The van der Waals surface area contributed by atoms with E-state index < -0.39 is 21.9 Å². The molecule has 0 saturated carbocycles. The Morgan fingerprint density at radius 1 is 1.07 bits per heavy atom. The minimum Gasteiger partial charge on any atom is -0.493 e. The number of hydrogen-bond donors (Lipinski definition) is 3. The first-order valence-electron chi connectivity index (χ1n) is 8.19. The Hall–Kier alpha value is -3.31. The fourth-order valence-corrected chi connectivity index (χ4v) is 3.40. The average molecular weight is 424 g/mol. The second-order valence-electron chi connectivity index (χ2n) is 5.69. The van der Waals surface area contributed by atoms with E-state index in [1.807, 2.05) is 0 Å². The third kappa shape index (κ3) is 5.36. The lowest BCUT2D eigenvalue weighted by atomic mass is 10.1. The summed E-state index contributed by atoms with van der Waals surface area (Å²) in [6.07, 6.45) is 0. The van der Waals surface area contributed by atoms with Gasteiger partial charge in [-0.3, -0.25) is 9.52 Å². The first kappa shape index (κ1) is 22.0. The molecule has 2 aromatic rings.